The van der Waals surface area contributed by atoms with Crippen molar-refractivity contribution in [3.05, 3.63) is 35.9 Å². The summed E-state index contributed by atoms with van der Waals surface area (Å²) in [6.07, 6.45) is 1.12. The maximum absolute atomic E-state index is 12.5. The molecule has 0 bridgehead atoms. The molecule has 124 valence electrons. The minimum absolute atomic E-state index is 0.195. The first-order valence-corrected chi connectivity index (χ1v) is 10.00. The number of carbonyl (C=O) groups excluding carboxylic acids is 1. The first-order chi connectivity index (χ1) is 10.2. The van der Waals surface area contributed by atoms with Crippen LogP contribution in [0.1, 0.15) is 23.2 Å². The van der Waals surface area contributed by atoms with Crippen LogP contribution < -0.4 is 0 Å². The fourth-order valence-corrected chi connectivity index (χ4v) is 7.41. The van der Waals surface area contributed by atoms with Crippen molar-refractivity contribution >= 4 is 26.2 Å². The number of hydrogen-bond donors (Lipinski definition) is 0. The Hall–Kier alpha value is -1.06. The lowest BCUT2D eigenvalue weighted by Gasteiger charge is -2.33. The number of halogens is 3. The van der Waals surface area contributed by atoms with Crippen molar-refractivity contribution in [2.75, 3.05) is 17.3 Å². The van der Waals surface area contributed by atoms with E-state index in [9.17, 15) is 26.4 Å². The smallest absolute Gasteiger partial charge is 0.293 e. The molecule has 0 aromatic heterocycles. The van der Waals surface area contributed by atoms with Crippen LogP contribution in [-0.2, 0) is 13.7 Å². The minimum Gasteiger partial charge on any atom is -0.293 e. The van der Waals surface area contributed by atoms with Gasteiger partial charge in [-0.15, -0.1) is 10.3 Å². The van der Waals surface area contributed by atoms with Crippen molar-refractivity contribution in [3.63, 3.8) is 0 Å². The van der Waals surface area contributed by atoms with E-state index >= 15 is 0 Å². The van der Waals surface area contributed by atoms with Crippen LogP contribution in [0.4, 0.5) is 13.2 Å². The quantitative estimate of drug-likeness (QED) is 0.600. The van der Waals surface area contributed by atoms with Gasteiger partial charge in [0.2, 0.25) is 0 Å². The largest absolute Gasteiger partial charge is 0.523 e. The standard InChI is InChI=1S/C13H15F3O4S2/c14-13(15,16)22(18,19)20-21(8-4-5-9-21)10-12(17)11-6-2-1-3-7-11/h1-3,6-7H,4-5,8-10H2. The Morgan fingerprint density at radius 1 is 1.14 bits per heavy atom. The Morgan fingerprint density at radius 2 is 1.68 bits per heavy atom. The number of benzene rings is 1. The first-order valence-electron chi connectivity index (χ1n) is 6.52. The molecule has 0 saturated carbocycles. The number of hydrogen-bond acceptors (Lipinski definition) is 4. The summed E-state index contributed by atoms with van der Waals surface area (Å²) >= 11 is 0. The second-order valence-electron chi connectivity index (χ2n) is 4.98. The van der Waals surface area contributed by atoms with Crippen LogP contribution >= 0.6 is 10.3 Å². The van der Waals surface area contributed by atoms with Crippen molar-refractivity contribution in [1.82, 2.24) is 0 Å². The fourth-order valence-electron chi connectivity index (χ4n) is 2.24. The highest BCUT2D eigenvalue weighted by Crippen LogP contribution is 2.57. The molecule has 0 atom stereocenters. The molecule has 1 aliphatic heterocycles. The molecule has 1 aromatic carbocycles. The van der Waals surface area contributed by atoms with Gasteiger partial charge in [0, 0.05) is 17.1 Å². The summed E-state index contributed by atoms with van der Waals surface area (Å²) in [7, 11) is -8.29. The van der Waals surface area contributed by atoms with Crippen molar-refractivity contribution in [3.8, 4) is 0 Å². The average Bonchev–Trinajstić information content (AvgIpc) is 2.86. The Balaban J connectivity index is 2.21. The Labute approximate surface area is 128 Å². The summed E-state index contributed by atoms with van der Waals surface area (Å²) in [6.45, 7) is 0. The van der Waals surface area contributed by atoms with E-state index in [1.54, 1.807) is 30.3 Å². The Morgan fingerprint density at radius 3 is 2.18 bits per heavy atom. The maximum Gasteiger partial charge on any atom is 0.523 e. The molecule has 9 heteroatoms. The number of carbonyl (C=O) groups is 1. The number of alkyl halides is 3. The summed E-state index contributed by atoms with van der Waals surface area (Å²) in [5.74, 6) is -0.302. The molecule has 1 saturated heterocycles. The molecule has 0 N–H and O–H groups in total. The van der Waals surface area contributed by atoms with Crippen LogP contribution in [0.15, 0.2) is 30.3 Å². The molecule has 1 heterocycles. The van der Waals surface area contributed by atoms with Crippen molar-refractivity contribution in [1.29, 1.82) is 0 Å². The molecule has 1 fully saturated rings. The molecule has 0 spiro atoms. The van der Waals surface area contributed by atoms with Gasteiger partial charge in [-0.2, -0.15) is 21.6 Å². The summed E-state index contributed by atoms with van der Waals surface area (Å²) in [4.78, 5) is 12.2. The minimum atomic E-state index is -5.68. The fraction of sp³-hybridized carbons (Fsp3) is 0.462. The number of Topliss-reactive ketones (excluding diaryl/α,β-unsaturated/α-hetero) is 1. The van der Waals surface area contributed by atoms with Gasteiger partial charge in [0.1, 0.15) is 0 Å². The van der Waals surface area contributed by atoms with Gasteiger partial charge in [0.05, 0.1) is 5.75 Å². The van der Waals surface area contributed by atoms with Crippen LogP contribution in [0, 0.1) is 0 Å². The SMILES string of the molecule is O=C(CS1(OS(=O)(=O)C(F)(F)F)CCCC1)c1ccccc1. The molecule has 1 aromatic rings. The normalized spacial score (nSPS) is 19.8. The zero-order valence-electron chi connectivity index (χ0n) is 11.5. The third kappa shape index (κ3) is 3.82. The third-order valence-corrected chi connectivity index (χ3v) is 8.58. The topological polar surface area (TPSA) is 60.4 Å². The van der Waals surface area contributed by atoms with Gasteiger partial charge < -0.3 is 0 Å². The Bertz CT molecular complexity index is 635. The predicted octanol–water partition coefficient (Wildman–Crippen LogP) is 3.25. The van der Waals surface area contributed by atoms with Crippen LogP contribution in [0.3, 0.4) is 0 Å². The molecular weight excluding hydrogens is 341 g/mol. The lowest BCUT2D eigenvalue weighted by Crippen LogP contribution is -2.30. The second-order valence-corrected chi connectivity index (χ2v) is 9.94. The van der Waals surface area contributed by atoms with Gasteiger partial charge in [-0.3, -0.25) is 4.79 Å². The van der Waals surface area contributed by atoms with Gasteiger partial charge in [-0.05, 0) is 12.8 Å². The van der Waals surface area contributed by atoms with Gasteiger partial charge in [-0.1, -0.05) is 30.3 Å². The monoisotopic (exact) mass is 356 g/mol. The molecule has 1 aliphatic rings. The van der Waals surface area contributed by atoms with E-state index in [1.807, 2.05) is 0 Å². The van der Waals surface area contributed by atoms with E-state index in [0.29, 0.717) is 18.4 Å². The molecule has 0 amide bonds. The molecule has 4 nitrogen and oxygen atoms in total. The van der Waals surface area contributed by atoms with E-state index in [1.165, 1.54) is 0 Å². The molecular formula is C13H15F3O4S2. The summed E-state index contributed by atoms with van der Waals surface area (Å²) in [6, 6.07) is 8.07. The zero-order chi connectivity index (χ0) is 16.4. The zero-order valence-corrected chi connectivity index (χ0v) is 13.1. The predicted molar refractivity (Wildman–Crippen MR) is 78.3 cm³/mol. The van der Waals surface area contributed by atoms with Crippen molar-refractivity contribution < 1.29 is 30.0 Å². The third-order valence-electron chi connectivity index (χ3n) is 3.29. The van der Waals surface area contributed by atoms with E-state index in [2.05, 4.69) is 3.63 Å². The molecule has 0 radical (unpaired) electrons. The van der Waals surface area contributed by atoms with Gasteiger partial charge in [-0.25, -0.2) is 3.63 Å². The van der Waals surface area contributed by atoms with Crippen LogP contribution in [-0.4, -0.2) is 37.0 Å². The van der Waals surface area contributed by atoms with Crippen LogP contribution in [0.25, 0.3) is 0 Å². The molecule has 22 heavy (non-hydrogen) atoms. The number of rotatable bonds is 5. The first kappa shape index (κ1) is 17.3. The van der Waals surface area contributed by atoms with Gasteiger partial charge in [0.15, 0.2) is 5.78 Å². The van der Waals surface area contributed by atoms with Gasteiger partial charge >= 0.3 is 15.6 Å². The van der Waals surface area contributed by atoms with E-state index in [0.717, 1.165) is 0 Å². The molecule has 2 rings (SSSR count). The lowest BCUT2D eigenvalue weighted by atomic mass is 10.2. The number of ketones is 1. The van der Waals surface area contributed by atoms with Crippen molar-refractivity contribution in [2.45, 2.75) is 18.3 Å². The molecule has 0 aliphatic carbocycles. The summed E-state index contributed by atoms with van der Waals surface area (Å²) in [5, 5.41) is 0. The maximum atomic E-state index is 12.5. The van der Waals surface area contributed by atoms with E-state index < -0.39 is 31.7 Å². The van der Waals surface area contributed by atoms with Crippen molar-refractivity contribution in [2.24, 2.45) is 0 Å². The van der Waals surface area contributed by atoms with Gasteiger partial charge in [0.25, 0.3) is 0 Å². The summed E-state index contributed by atoms with van der Waals surface area (Å²) < 4.78 is 64.7. The second kappa shape index (κ2) is 6.21. The lowest BCUT2D eigenvalue weighted by molar-refractivity contribution is -0.0496. The highest BCUT2D eigenvalue weighted by Gasteiger charge is 2.51. The average molecular weight is 356 g/mol. The van der Waals surface area contributed by atoms with Crippen LogP contribution in [0.2, 0.25) is 0 Å². The summed E-state index contributed by atoms with van der Waals surface area (Å²) in [5.41, 5.74) is -5.12. The highest BCUT2D eigenvalue weighted by atomic mass is 32.3. The Kier molecular flexibility index (Phi) is 4.88. The highest BCUT2D eigenvalue weighted by molar-refractivity contribution is 8.33. The van der Waals surface area contributed by atoms with E-state index in [4.69, 9.17) is 0 Å². The van der Waals surface area contributed by atoms with E-state index in [-0.39, 0.29) is 17.3 Å². The van der Waals surface area contributed by atoms with Crippen LogP contribution in [0.5, 0.6) is 0 Å². The molecule has 0 unspecified atom stereocenters.